The second kappa shape index (κ2) is 5.01. The predicted octanol–water partition coefficient (Wildman–Crippen LogP) is 2.46. The lowest BCUT2D eigenvalue weighted by Gasteiger charge is -2.24. The molecule has 0 radical (unpaired) electrons. The Morgan fingerprint density at radius 2 is 1.94 bits per heavy atom. The van der Waals surface area contributed by atoms with Gasteiger partial charge in [-0.2, -0.15) is 0 Å². The van der Waals surface area contributed by atoms with Crippen LogP contribution in [-0.2, 0) is 10.2 Å². The van der Waals surface area contributed by atoms with Crippen LogP contribution in [-0.4, -0.2) is 12.5 Å². The van der Waals surface area contributed by atoms with E-state index in [-0.39, 0.29) is 5.91 Å². The smallest absolute Gasteiger partial charge is 0.230 e. The number of nitrogens with one attached hydrogen (secondary N) is 1. The van der Waals surface area contributed by atoms with Crippen LogP contribution in [0.5, 0.6) is 0 Å². The molecule has 0 bridgehead atoms. The topological polar surface area (TPSA) is 55.1 Å². The van der Waals surface area contributed by atoms with E-state index < -0.39 is 5.41 Å². The lowest BCUT2D eigenvalue weighted by molar-refractivity contribution is -0.125. The van der Waals surface area contributed by atoms with E-state index >= 15 is 0 Å². The Kier molecular flexibility index (Phi) is 3.60. The van der Waals surface area contributed by atoms with Crippen molar-refractivity contribution in [3.8, 4) is 0 Å². The minimum atomic E-state index is -0.503. The number of benzene rings is 1. The van der Waals surface area contributed by atoms with Crippen LogP contribution in [0.4, 0.5) is 5.69 Å². The zero-order valence-corrected chi connectivity index (χ0v) is 11.2. The van der Waals surface area contributed by atoms with Crippen LogP contribution in [0.3, 0.4) is 0 Å². The summed E-state index contributed by atoms with van der Waals surface area (Å²) in [6.45, 7) is 4.69. The minimum absolute atomic E-state index is 0.0907. The first-order valence-corrected chi connectivity index (χ1v) is 6.64. The Morgan fingerprint density at radius 1 is 1.33 bits per heavy atom. The predicted molar refractivity (Wildman–Crippen MR) is 74.2 cm³/mol. The van der Waals surface area contributed by atoms with Crippen LogP contribution in [0.25, 0.3) is 0 Å². The molecule has 3 N–H and O–H groups in total. The summed E-state index contributed by atoms with van der Waals surface area (Å²) in [5.74, 6) is 0.942. The van der Waals surface area contributed by atoms with Crippen LogP contribution in [0.2, 0.25) is 0 Å². The van der Waals surface area contributed by atoms with Crippen LogP contribution in [0.15, 0.2) is 24.3 Å². The Labute approximate surface area is 109 Å². The molecule has 3 nitrogen and oxygen atoms in total. The number of carbonyl (C=O) groups is 1. The summed E-state index contributed by atoms with van der Waals surface area (Å²) in [7, 11) is 0. The Bertz CT molecular complexity index is 419. The average Bonchev–Trinajstić information content (AvgIpc) is 3.13. The van der Waals surface area contributed by atoms with Crippen LogP contribution in [0.1, 0.15) is 38.7 Å². The van der Waals surface area contributed by atoms with E-state index in [0.29, 0.717) is 0 Å². The Balaban J connectivity index is 1.94. The van der Waals surface area contributed by atoms with Crippen molar-refractivity contribution in [2.45, 2.75) is 38.5 Å². The summed E-state index contributed by atoms with van der Waals surface area (Å²) in [5.41, 5.74) is 6.89. The third-order valence-corrected chi connectivity index (χ3v) is 3.74. The van der Waals surface area contributed by atoms with Crippen molar-refractivity contribution < 1.29 is 4.79 Å². The van der Waals surface area contributed by atoms with Crippen molar-refractivity contribution in [3.05, 3.63) is 29.8 Å². The zero-order valence-electron chi connectivity index (χ0n) is 11.2. The van der Waals surface area contributed by atoms with E-state index in [1.165, 1.54) is 12.8 Å². The molecule has 3 heteroatoms. The summed E-state index contributed by atoms with van der Waals surface area (Å²) < 4.78 is 0. The molecule has 98 valence electrons. The zero-order chi connectivity index (χ0) is 13.2. The number of hydrogen-bond donors (Lipinski definition) is 2. The number of carbonyl (C=O) groups excluding carboxylic acids is 1. The monoisotopic (exact) mass is 246 g/mol. The lowest BCUT2D eigenvalue weighted by atomic mass is 9.83. The van der Waals surface area contributed by atoms with Gasteiger partial charge < -0.3 is 11.1 Å². The number of rotatable bonds is 5. The third kappa shape index (κ3) is 3.03. The van der Waals surface area contributed by atoms with Crippen LogP contribution < -0.4 is 11.1 Å². The van der Waals surface area contributed by atoms with E-state index in [4.69, 9.17) is 5.73 Å². The maximum atomic E-state index is 12.2. The highest BCUT2D eigenvalue weighted by molar-refractivity contribution is 5.87. The van der Waals surface area contributed by atoms with Crippen molar-refractivity contribution in [3.63, 3.8) is 0 Å². The van der Waals surface area contributed by atoms with Gasteiger partial charge in [0.25, 0.3) is 0 Å². The number of nitrogens with two attached hydrogens (primary N) is 1. The third-order valence-electron chi connectivity index (χ3n) is 3.74. The number of anilines is 1. The van der Waals surface area contributed by atoms with Crippen molar-refractivity contribution in [2.75, 3.05) is 12.3 Å². The highest BCUT2D eigenvalue weighted by atomic mass is 16.2. The summed E-state index contributed by atoms with van der Waals surface area (Å²) in [6, 6.07) is 7.54. The highest BCUT2D eigenvalue weighted by Gasteiger charge is 2.30. The van der Waals surface area contributed by atoms with Gasteiger partial charge in [0.05, 0.1) is 5.41 Å². The molecular weight excluding hydrogens is 224 g/mol. The van der Waals surface area contributed by atoms with Crippen molar-refractivity contribution >= 4 is 11.6 Å². The number of amides is 1. The lowest BCUT2D eigenvalue weighted by Crippen LogP contribution is -2.40. The van der Waals surface area contributed by atoms with Gasteiger partial charge in [0.15, 0.2) is 0 Å². The SMILES string of the molecule is CC(C)(C(=O)NCCC1CC1)c1ccc(N)cc1. The van der Waals surface area contributed by atoms with Crippen molar-refractivity contribution in [2.24, 2.45) is 5.92 Å². The molecule has 1 amide bonds. The van der Waals surface area contributed by atoms with Gasteiger partial charge in [0.1, 0.15) is 0 Å². The van der Waals surface area contributed by atoms with Crippen molar-refractivity contribution in [1.82, 2.24) is 5.32 Å². The first kappa shape index (κ1) is 12.9. The fraction of sp³-hybridized carbons (Fsp3) is 0.533. The fourth-order valence-electron chi connectivity index (χ4n) is 2.05. The summed E-state index contributed by atoms with van der Waals surface area (Å²) in [6.07, 6.45) is 3.78. The normalized spacial score (nSPS) is 15.4. The van der Waals surface area contributed by atoms with E-state index in [1.54, 1.807) is 0 Å². The molecule has 0 heterocycles. The van der Waals surface area contributed by atoms with Gasteiger partial charge in [-0.3, -0.25) is 4.79 Å². The molecule has 0 atom stereocenters. The molecule has 2 rings (SSSR count). The van der Waals surface area contributed by atoms with E-state index in [2.05, 4.69) is 5.32 Å². The maximum Gasteiger partial charge on any atom is 0.230 e. The second-order valence-corrected chi connectivity index (χ2v) is 5.73. The van der Waals surface area contributed by atoms with Gasteiger partial charge in [-0.1, -0.05) is 25.0 Å². The van der Waals surface area contributed by atoms with Gasteiger partial charge >= 0.3 is 0 Å². The maximum absolute atomic E-state index is 12.2. The Morgan fingerprint density at radius 3 is 2.50 bits per heavy atom. The molecule has 1 aromatic carbocycles. The Hall–Kier alpha value is -1.51. The minimum Gasteiger partial charge on any atom is -0.399 e. The van der Waals surface area contributed by atoms with E-state index in [0.717, 1.165) is 30.1 Å². The highest BCUT2D eigenvalue weighted by Crippen LogP contribution is 2.32. The molecular formula is C15H22N2O. The standard InChI is InChI=1S/C15H22N2O/c1-15(2,12-5-7-13(16)8-6-12)14(18)17-10-9-11-3-4-11/h5-8,11H,3-4,9-10,16H2,1-2H3,(H,17,18). The van der Waals surface area contributed by atoms with Crippen LogP contribution in [0, 0.1) is 5.92 Å². The molecule has 1 aliphatic rings. The molecule has 0 aliphatic heterocycles. The molecule has 18 heavy (non-hydrogen) atoms. The molecule has 0 saturated heterocycles. The molecule has 1 saturated carbocycles. The van der Waals surface area contributed by atoms with E-state index in [1.807, 2.05) is 38.1 Å². The van der Waals surface area contributed by atoms with Gasteiger partial charge in [-0.25, -0.2) is 0 Å². The van der Waals surface area contributed by atoms with Gasteiger partial charge in [-0.15, -0.1) is 0 Å². The molecule has 1 fully saturated rings. The van der Waals surface area contributed by atoms with Gasteiger partial charge in [-0.05, 0) is 43.9 Å². The molecule has 0 spiro atoms. The first-order valence-electron chi connectivity index (χ1n) is 6.64. The quantitative estimate of drug-likeness (QED) is 0.784. The number of nitrogen functional groups attached to an aromatic ring is 1. The average molecular weight is 246 g/mol. The molecule has 1 aromatic rings. The second-order valence-electron chi connectivity index (χ2n) is 5.73. The fourth-order valence-corrected chi connectivity index (χ4v) is 2.05. The van der Waals surface area contributed by atoms with Crippen molar-refractivity contribution in [1.29, 1.82) is 0 Å². The summed E-state index contributed by atoms with van der Waals surface area (Å²) in [5, 5.41) is 3.04. The largest absolute Gasteiger partial charge is 0.399 e. The molecule has 0 unspecified atom stereocenters. The first-order chi connectivity index (χ1) is 8.50. The molecule has 1 aliphatic carbocycles. The molecule has 0 aromatic heterocycles. The van der Waals surface area contributed by atoms with Crippen LogP contribution >= 0.6 is 0 Å². The summed E-state index contributed by atoms with van der Waals surface area (Å²) in [4.78, 5) is 12.2. The number of hydrogen-bond acceptors (Lipinski definition) is 2. The van der Waals surface area contributed by atoms with E-state index in [9.17, 15) is 4.79 Å². The van der Waals surface area contributed by atoms with Gasteiger partial charge in [0, 0.05) is 12.2 Å². The summed E-state index contributed by atoms with van der Waals surface area (Å²) >= 11 is 0. The van der Waals surface area contributed by atoms with Gasteiger partial charge in [0.2, 0.25) is 5.91 Å².